The summed E-state index contributed by atoms with van der Waals surface area (Å²) in [4.78, 5) is 29.3. The molecular weight excluding hydrogens is 402 g/mol. The lowest BCUT2D eigenvalue weighted by atomic mass is 10.2. The fourth-order valence-electron chi connectivity index (χ4n) is 3.21. The first kappa shape index (κ1) is 24.4. The van der Waals surface area contributed by atoms with E-state index in [1.807, 2.05) is 57.6 Å². The number of carbonyl (C=O) groups is 2. The predicted molar refractivity (Wildman–Crippen MR) is 118 cm³/mol. The molecule has 6 nitrogen and oxygen atoms in total. The molecule has 0 saturated heterocycles. The van der Waals surface area contributed by atoms with E-state index in [1.165, 1.54) is 11.0 Å². The van der Waals surface area contributed by atoms with E-state index in [9.17, 15) is 18.4 Å². The summed E-state index contributed by atoms with van der Waals surface area (Å²) in [5.41, 5.74) is 1.13. The summed E-state index contributed by atoms with van der Waals surface area (Å²) >= 11 is 0. The van der Waals surface area contributed by atoms with Gasteiger partial charge in [-0.3, -0.25) is 4.79 Å². The van der Waals surface area contributed by atoms with Crippen LogP contribution in [0.25, 0.3) is 0 Å². The van der Waals surface area contributed by atoms with Crippen LogP contribution in [0.1, 0.15) is 39.8 Å². The number of aryl methyl sites for hydroxylation is 1. The highest BCUT2D eigenvalue weighted by atomic mass is 19.2. The Morgan fingerprint density at radius 1 is 1.13 bits per heavy atom. The Morgan fingerprint density at radius 3 is 2.39 bits per heavy atom. The Hall–Kier alpha value is -2.90. The van der Waals surface area contributed by atoms with Gasteiger partial charge in [-0.25, -0.2) is 13.6 Å². The number of rotatable bonds is 9. The van der Waals surface area contributed by atoms with Gasteiger partial charge in [0.15, 0.2) is 11.6 Å². The van der Waals surface area contributed by atoms with Crippen LogP contribution in [0, 0.1) is 17.6 Å². The summed E-state index contributed by atoms with van der Waals surface area (Å²) < 4.78 is 28.6. The lowest BCUT2D eigenvalue weighted by Crippen LogP contribution is -2.48. The third-order valence-electron chi connectivity index (χ3n) is 5.20. The van der Waals surface area contributed by atoms with Gasteiger partial charge in [0.2, 0.25) is 5.91 Å². The standard InChI is InChI=1S/C23H32F2N4O2/c1-6-17(4)29(23(31)26-18-9-10-20(24)21(25)12-18)15-22(30)28(13-16(2)3)14-19-8-7-11-27(19)5/h7-12,16-17H,6,13-15H2,1-5H3,(H,26,31). The SMILES string of the molecule is CCC(C)N(CC(=O)N(Cc1cccn1C)CC(C)C)C(=O)Nc1ccc(F)c(F)c1. The minimum Gasteiger partial charge on any atom is -0.353 e. The smallest absolute Gasteiger partial charge is 0.322 e. The van der Waals surface area contributed by atoms with Crippen LogP contribution in [-0.4, -0.2) is 45.4 Å². The van der Waals surface area contributed by atoms with Gasteiger partial charge >= 0.3 is 6.03 Å². The van der Waals surface area contributed by atoms with Crippen molar-refractivity contribution in [3.8, 4) is 0 Å². The van der Waals surface area contributed by atoms with E-state index in [0.29, 0.717) is 19.5 Å². The zero-order chi connectivity index (χ0) is 23.1. The highest BCUT2D eigenvalue weighted by molar-refractivity contribution is 5.92. The van der Waals surface area contributed by atoms with E-state index >= 15 is 0 Å². The summed E-state index contributed by atoms with van der Waals surface area (Å²) in [6.07, 6.45) is 2.56. The number of amides is 3. The van der Waals surface area contributed by atoms with Crippen molar-refractivity contribution in [1.82, 2.24) is 14.4 Å². The molecule has 1 N–H and O–H groups in total. The Balaban J connectivity index is 2.17. The predicted octanol–water partition coefficient (Wildman–Crippen LogP) is 4.62. The zero-order valence-corrected chi connectivity index (χ0v) is 18.9. The highest BCUT2D eigenvalue weighted by Crippen LogP contribution is 2.16. The fraction of sp³-hybridized carbons (Fsp3) is 0.478. The number of carbonyl (C=O) groups excluding carboxylic acids is 2. The van der Waals surface area contributed by atoms with Crippen molar-refractivity contribution in [1.29, 1.82) is 0 Å². The molecule has 0 spiro atoms. The maximum absolute atomic E-state index is 13.5. The molecule has 2 aromatic rings. The molecule has 1 aromatic heterocycles. The van der Waals surface area contributed by atoms with Crippen molar-refractivity contribution < 1.29 is 18.4 Å². The molecule has 0 aliphatic heterocycles. The van der Waals surface area contributed by atoms with Crippen molar-refractivity contribution in [2.45, 2.75) is 46.7 Å². The second-order valence-corrected chi connectivity index (χ2v) is 8.22. The number of hydrogen-bond acceptors (Lipinski definition) is 2. The first-order chi connectivity index (χ1) is 14.6. The third-order valence-corrected chi connectivity index (χ3v) is 5.20. The van der Waals surface area contributed by atoms with E-state index in [-0.39, 0.29) is 30.1 Å². The number of halogens is 2. The first-order valence-electron chi connectivity index (χ1n) is 10.5. The van der Waals surface area contributed by atoms with Crippen molar-refractivity contribution in [3.63, 3.8) is 0 Å². The number of anilines is 1. The van der Waals surface area contributed by atoms with Gasteiger partial charge in [0.25, 0.3) is 0 Å². The first-order valence-corrected chi connectivity index (χ1v) is 10.5. The average molecular weight is 435 g/mol. The zero-order valence-electron chi connectivity index (χ0n) is 18.9. The van der Waals surface area contributed by atoms with Crippen molar-refractivity contribution in [3.05, 3.63) is 53.9 Å². The minimum absolute atomic E-state index is 0.109. The third kappa shape index (κ3) is 6.80. The summed E-state index contributed by atoms with van der Waals surface area (Å²) in [5.74, 6) is -1.94. The average Bonchev–Trinajstić information content (AvgIpc) is 3.11. The van der Waals surface area contributed by atoms with E-state index in [4.69, 9.17) is 0 Å². The van der Waals surface area contributed by atoms with E-state index in [2.05, 4.69) is 5.32 Å². The topological polar surface area (TPSA) is 57.6 Å². The fourth-order valence-corrected chi connectivity index (χ4v) is 3.21. The van der Waals surface area contributed by atoms with Crippen molar-refractivity contribution in [2.24, 2.45) is 13.0 Å². The second kappa shape index (κ2) is 10.9. The molecule has 8 heteroatoms. The normalized spacial score (nSPS) is 12.0. The van der Waals surface area contributed by atoms with Crippen LogP contribution in [0.3, 0.4) is 0 Å². The highest BCUT2D eigenvalue weighted by Gasteiger charge is 2.26. The van der Waals surface area contributed by atoms with E-state index in [1.54, 1.807) is 4.90 Å². The molecule has 1 atom stereocenters. The number of hydrogen-bond donors (Lipinski definition) is 1. The monoisotopic (exact) mass is 434 g/mol. The van der Waals surface area contributed by atoms with Crippen LogP contribution < -0.4 is 5.32 Å². The summed E-state index contributed by atoms with van der Waals surface area (Å²) in [6.45, 7) is 8.73. The van der Waals surface area contributed by atoms with Gasteiger partial charge in [0.1, 0.15) is 6.54 Å². The molecular formula is C23H32F2N4O2. The molecule has 0 bridgehead atoms. The molecule has 170 valence electrons. The molecule has 0 fully saturated rings. The van der Waals surface area contributed by atoms with Crippen LogP contribution in [0.4, 0.5) is 19.3 Å². The minimum atomic E-state index is -1.05. The lowest BCUT2D eigenvalue weighted by molar-refractivity contribution is -0.133. The molecule has 1 unspecified atom stereocenters. The Kier molecular flexibility index (Phi) is 8.59. The molecule has 0 radical (unpaired) electrons. The van der Waals surface area contributed by atoms with Gasteiger partial charge in [0, 0.05) is 43.3 Å². The maximum atomic E-state index is 13.5. The summed E-state index contributed by atoms with van der Waals surface area (Å²) in [6, 6.07) is 6.30. The Labute approximate surface area is 182 Å². The van der Waals surface area contributed by atoms with Crippen LogP contribution >= 0.6 is 0 Å². The molecule has 31 heavy (non-hydrogen) atoms. The van der Waals surface area contributed by atoms with E-state index in [0.717, 1.165) is 17.8 Å². The largest absolute Gasteiger partial charge is 0.353 e. The Morgan fingerprint density at radius 2 is 1.84 bits per heavy atom. The Bertz CT molecular complexity index is 897. The van der Waals surface area contributed by atoms with Crippen molar-refractivity contribution in [2.75, 3.05) is 18.4 Å². The van der Waals surface area contributed by atoms with Gasteiger partial charge in [-0.15, -0.1) is 0 Å². The molecule has 0 aliphatic carbocycles. The quantitative estimate of drug-likeness (QED) is 0.626. The molecule has 1 aromatic carbocycles. The van der Waals surface area contributed by atoms with Gasteiger partial charge in [-0.1, -0.05) is 20.8 Å². The summed E-state index contributed by atoms with van der Waals surface area (Å²) in [5, 5.41) is 2.57. The summed E-state index contributed by atoms with van der Waals surface area (Å²) in [7, 11) is 1.92. The second-order valence-electron chi connectivity index (χ2n) is 8.22. The van der Waals surface area contributed by atoms with Crippen molar-refractivity contribution >= 4 is 17.6 Å². The van der Waals surface area contributed by atoms with Gasteiger partial charge in [-0.05, 0) is 43.5 Å². The number of nitrogens with zero attached hydrogens (tertiary/aromatic N) is 3. The van der Waals surface area contributed by atoms with Crippen LogP contribution in [0.2, 0.25) is 0 Å². The van der Waals surface area contributed by atoms with Gasteiger partial charge in [0.05, 0.1) is 6.54 Å². The molecule has 1 heterocycles. The number of aromatic nitrogens is 1. The molecule has 3 amide bonds. The number of nitrogens with one attached hydrogen (secondary N) is 1. The molecule has 2 rings (SSSR count). The number of urea groups is 1. The van der Waals surface area contributed by atoms with E-state index < -0.39 is 17.7 Å². The lowest BCUT2D eigenvalue weighted by Gasteiger charge is -2.32. The molecule has 0 aliphatic rings. The van der Waals surface area contributed by atoms with Crippen LogP contribution in [0.15, 0.2) is 36.5 Å². The van der Waals surface area contributed by atoms with Gasteiger partial charge in [-0.2, -0.15) is 0 Å². The number of benzene rings is 1. The van der Waals surface area contributed by atoms with Crippen LogP contribution in [-0.2, 0) is 18.4 Å². The molecule has 0 saturated carbocycles. The van der Waals surface area contributed by atoms with Crippen LogP contribution in [0.5, 0.6) is 0 Å². The maximum Gasteiger partial charge on any atom is 0.322 e. The van der Waals surface area contributed by atoms with Gasteiger partial charge < -0.3 is 19.7 Å².